The molecule has 7 aromatic carbocycles. The number of fused-ring (bicyclic) bond motifs is 4. The first-order valence-corrected chi connectivity index (χ1v) is 50.2. The Kier molecular flexibility index (Phi) is 38.3. The monoisotopic (exact) mass is 1930 g/mol. The van der Waals surface area contributed by atoms with Crippen LogP contribution in [0.5, 0.6) is 0 Å². The van der Waals surface area contributed by atoms with E-state index in [1.807, 2.05) is 146 Å². The zero-order valence-electron chi connectivity index (χ0n) is 73.7. The number of aliphatic hydroxyl groups excluding tert-OH is 1. The number of hydrogen-bond acceptors (Lipinski definition) is 27. The first-order chi connectivity index (χ1) is 65.7. The van der Waals surface area contributed by atoms with Crippen LogP contribution in [0.4, 0.5) is 22.7 Å². The van der Waals surface area contributed by atoms with Crippen molar-refractivity contribution in [2.45, 2.75) is 106 Å². The first-order valence-electron chi connectivity index (χ1n) is 42.5. The Bertz CT molecular complexity index is 6600. The van der Waals surface area contributed by atoms with Gasteiger partial charge >= 0.3 is 105 Å². The molecular formula is C94H96ClN29O9Sn. The minimum absolute atomic E-state index is 0.0715. The van der Waals surface area contributed by atoms with Crippen LogP contribution in [0.25, 0.3) is 54.1 Å². The number of nitriles is 2. The van der Waals surface area contributed by atoms with Crippen LogP contribution >= 0.6 is 11.6 Å². The zero-order valence-corrected chi connectivity index (χ0v) is 77.3. The van der Waals surface area contributed by atoms with Gasteiger partial charge in [-0.1, -0.05) is 116 Å². The molecule has 0 radical (unpaired) electrons. The fourth-order valence-corrected chi connectivity index (χ4v) is 25.8. The number of nitrogens with one attached hydrogen (secondary N) is 3. The molecule has 0 aliphatic rings. The number of carbonyl (C=O) groups excluding carboxylic acids is 4. The van der Waals surface area contributed by atoms with Gasteiger partial charge in [0.1, 0.15) is 55.0 Å². The molecule has 5 N–H and O–H groups in total. The zero-order chi connectivity index (χ0) is 94.5. The number of benzene rings is 7. The van der Waals surface area contributed by atoms with Crippen LogP contribution in [0.15, 0.2) is 290 Å². The minimum Gasteiger partial charge on any atom is -0.411 e. The van der Waals surface area contributed by atoms with Gasteiger partial charge in [0.2, 0.25) is 0 Å². The average molecular weight is 1930 g/mol. The molecule has 40 heteroatoms. The summed E-state index contributed by atoms with van der Waals surface area (Å²) in [5.74, 6) is -0.00486. The summed E-state index contributed by atoms with van der Waals surface area (Å²) in [6.07, 6.45) is 26.5. The summed E-state index contributed by atoms with van der Waals surface area (Å²) in [5.41, 5.74) is 19.5. The number of aromatic amines is 2. The Balaban J connectivity index is 0.000000159. The van der Waals surface area contributed by atoms with E-state index in [9.17, 15) is 29.6 Å². The van der Waals surface area contributed by atoms with Gasteiger partial charge in [-0.3, -0.25) is 44.0 Å². The predicted octanol–water partition coefficient (Wildman–Crippen LogP) is 16.0. The number of hydrogen-bond donors (Lipinski definition) is 5. The van der Waals surface area contributed by atoms with E-state index in [4.69, 9.17) is 42.0 Å². The molecule has 0 aliphatic heterocycles. The van der Waals surface area contributed by atoms with E-state index in [1.165, 1.54) is 107 Å². The number of pyridine rings is 4. The van der Waals surface area contributed by atoms with E-state index in [0.717, 1.165) is 67.0 Å². The van der Waals surface area contributed by atoms with Gasteiger partial charge in [0.25, 0.3) is 23.0 Å². The number of aliphatic hydroxyl groups is 1. The van der Waals surface area contributed by atoms with Crippen LogP contribution in [0.2, 0.25) is 13.3 Å². The molecule has 0 spiro atoms. The molecule has 10 heterocycles. The molecule has 0 unspecified atom stereocenters. The molecule has 38 nitrogen and oxygen atoms in total. The number of unbranched alkanes of at least 4 members (excludes halogenated alkanes) is 3. The first kappa shape index (κ1) is 98.2. The molecule has 10 aromatic heterocycles. The second-order valence-corrected chi connectivity index (χ2v) is 41.5. The number of anilines is 4. The number of aromatic nitrogens is 20. The van der Waals surface area contributed by atoms with Gasteiger partial charge < -0.3 is 39.9 Å². The third-order valence-corrected chi connectivity index (χ3v) is 32.9. The van der Waals surface area contributed by atoms with Gasteiger partial charge in [-0.25, -0.2) is 0 Å². The Morgan fingerprint density at radius 1 is 0.470 bits per heavy atom. The summed E-state index contributed by atoms with van der Waals surface area (Å²) in [6, 6.07) is 69.1. The van der Waals surface area contributed by atoms with E-state index in [2.05, 4.69) is 122 Å². The summed E-state index contributed by atoms with van der Waals surface area (Å²) < 4.78 is 8.18. The average Bonchev–Trinajstić information content (AvgIpc) is 1.73. The fourth-order valence-electron chi connectivity index (χ4n) is 13.4. The second-order valence-electron chi connectivity index (χ2n) is 29.3. The van der Waals surface area contributed by atoms with Gasteiger partial charge in [-0.05, 0) is 150 Å². The summed E-state index contributed by atoms with van der Waals surface area (Å²) in [5, 5.41) is 84.5. The van der Waals surface area contributed by atoms with Crippen molar-refractivity contribution in [3.63, 3.8) is 0 Å². The number of nitrogens with zero attached hydrogens (tertiary/aromatic N) is 26. The molecule has 17 rings (SSSR count). The molecule has 0 saturated carbocycles. The van der Waals surface area contributed by atoms with E-state index in [1.54, 1.807) is 121 Å². The van der Waals surface area contributed by atoms with Crippen LogP contribution in [-0.2, 0) is 32.9 Å². The van der Waals surface area contributed by atoms with Crippen LogP contribution in [0, 0.1) is 22.7 Å². The normalized spacial score (nSPS) is 10.5. The van der Waals surface area contributed by atoms with E-state index in [0.29, 0.717) is 81.7 Å². The number of halogens is 1. The molecule has 0 fully saturated rings. The van der Waals surface area contributed by atoms with E-state index in [-0.39, 0.29) is 43.9 Å². The Labute approximate surface area is 779 Å². The van der Waals surface area contributed by atoms with Crippen molar-refractivity contribution in [3.05, 3.63) is 348 Å². The van der Waals surface area contributed by atoms with Crippen molar-refractivity contribution in [2.24, 2.45) is 3.34 Å². The van der Waals surface area contributed by atoms with Crippen molar-refractivity contribution >= 4 is 120 Å². The maximum Gasteiger partial charge on any atom is 0.260 e. The number of azide groups is 1. The molecule has 17 aromatic rings. The van der Waals surface area contributed by atoms with Gasteiger partial charge in [0.15, 0.2) is 11.6 Å². The maximum atomic E-state index is 13.2. The van der Waals surface area contributed by atoms with Crippen LogP contribution < -0.4 is 34.5 Å². The van der Waals surface area contributed by atoms with Crippen LogP contribution in [-0.4, -0.2) is 173 Å². The summed E-state index contributed by atoms with van der Waals surface area (Å²) in [6.45, 7) is 8.42. The molecule has 0 bridgehead atoms. The molecule has 0 atom stereocenters. The van der Waals surface area contributed by atoms with Gasteiger partial charge in [-0.2, -0.15) is 21.0 Å². The van der Waals surface area contributed by atoms with Gasteiger partial charge in [0, 0.05) is 101 Å². The molecule has 682 valence electrons. The smallest absolute Gasteiger partial charge is 0.260 e. The van der Waals surface area contributed by atoms with Gasteiger partial charge in [-0.15, -0.1) is 45.6 Å². The van der Waals surface area contributed by atoms with Crippen molar-refractivity contribution in [1.29, 1.82) is 10.5 Å². The number of carbonyl (C=O) groups is 4. The summed E-state index contributed by atoms with van der Waals surface area (Å²) in [7, 11) is 1.00. The van der Waals surface area contributed by atoms with Crippen molar-refractivity contribution in [1.82, 2.24) is 101 Å². The Morgan fingerprint density at radius 3 is 1.19 bits per heavy atom. The van der Waals surface area contributed by atoms with Crippen LogP contribution in [0.1, 0.15) is 129 Å². The van der Waals surface area contributed by atoms with Crippen molar-refractivity contribution in [3.8, 4) is 12.1 Å². The van der Waals surface area contributed by atoms with E-state index < -0.39 is 23.9 Å². The molecule has 0 aliphatic carbocycles. The second kappa shape index (κ2) is 52.3. The Morgan fingerprint density at radius 2 is 0.836 bits per heavy atom. The van der Waals surface area contributed by atoms with Gasteiger partial charge in [0.05, 0.1) is 72.3 Å². The third kappa shape index (κ3) is 28.5. The maximum absolute atomic E-state index is 13.2. The standard InChI is InChI=1S/C22H18N8O2.C22H17N5O2.C16H14N4O.C15H12N8O2.C6H4ClNO.3C4H9.CH4O.N3.Sn/c31-22(17-7-4-10-23-12-17)29(14-21-25-27-28-26-21)19-8-9-20-18(11-19)13-24-30(20)32-15-16-5-2-1-3-6-16;23-10-12-26(22(28)18-7-4-11-24-14-18)20-8-9-21-19(13-20)15-25-27(21)29-16-17-5-2-1-3-6-17;17-8-9-18-15-6-7-16-14(10-15)11-19-20(16)21-12-13-4-2-1-3-5-13;24-15(10-2-1-5-16-7-10)22(9-14-18-20-21-19-14)12-3-4-13-11(6-12)8-17-23(13)25;7-6(9)5-2-1-3-8-4-5;3*1-3-4-2;1-2;1-3-2;/h1-13H,14-15H2,(H,25,26,27,28);1-9,11,13-15H,12,16H2;1-7,10-11,18H,9,12H2;1-8,25H,9H2,(H,18,19,20,21);1-4H;3*1,3-4H2,2H3;2H,1H3;;/q;;;;;;;;;-1;+1. The topological polar surface area (TPSA) is 486 Å². The SMILES string of the molecule is CCC[CH2][Sn]([CH2]CCC)([CH2]CCC)[N]=[N+]=[N-].CO.N#CCN(C(=O)c1cccnc1)c1ccc2c(cnn2OCc2ccccc2)c1.N#CCNc1ccc2c(cnn2OCc2ccccc2)c1.O=C(Cl)c1cccnc1.O=C(c1cccnc1)N(Cc1nn[nH]n1)c1ccc2c(cnn2O)c1.O=C(c1cccnc1)N(Cc1nn[nH]n1)c1ccc2c(cnn2OCc2ccccc2)c1. The quantitative estimate of drug-likeness (QED) is 0.00485. The Hall–Kier alpha value is -16.4. The summed E-state index contributed by atoms with van der Waals surface area (Å²) in [4.78, 5) is 95.3. The number of amides is 3. The third-order valence-electron chi connectivity index (χ3n) is 20.2. The van der Waals surface area contributed by atoms with Crippen molar-refractivity contribution in [2.75, 3.05) is 40.2 Å². The number of tetrazole rings is 2. The summed E-state index contributed by atoms with van der Waals surface area (Å²) >= 11 is 2.67. The number of rotatable bonds is 33. The molecule has 0 saturated heterocycles. The van der Waals surface area contributed by atoms with Crippen molar-refractivity contribution < 1.29 is 44.0 Å². The largest absolute Gasteiger partial charge is 0.411 e. The molecule has 134 heavy (non-hydrogen) atoms. The fraction of sp³-hybridized carbons (Fsp3) is 0.213. The predicted molar refractivity (Wildman–Crippen MR) is 506 cm³/mol. The van der Waals surface area contributed by atoms with Crippen LogP contribution in [0.3, 0.4) is 0 Å². The number of H-pyrrole nitrogens is 2. The molecule has 3 amide bonds. The van der Waals surface area contributed by atoms with E-state index >= 15 is 0 Å². The minimum atomic E-state index is -2.45. The molecular weight excluding hydrogens is 1830 g/mol.